The van der Waals surface area contributed by atoms with Crippen LogP contribution >= 0.6 is 0 Å². The number of piperidine rings is 1. The number of ketones is 1. The van der Waals surface area contributed by atoms with Crippen LogP contribution in [0.15, 0.2) is 29.2 Å². The number of halogens is 3. The molecule has 1 aromatic rings. The first-order valence-electron chi connectivity index (χ1n) is 9.63. The van der Waals surface area contributed by atoms with Crippen LogP contribution in [0.2, 0.25) is 0 Å². The maximum atomic E-state index is 12.7. The molecule has 0 N–H and O–H groups in total. The third-order valence-corrected chi connectivity index (χ3v) is 7.23. The van der Waals surface area contributed by atoms with Crippen LogP contribution in [0.1, 0.15) is 38.5 Å². The third kappa shape index (κ3) is 6.16. The second-order valence-corrected chi connectivity index (χ2v) is 9.41. The van der Waals surface area contributed by atoms with E-state index in [0.29, 0.717) is 25.2 Å². The van der Waals surface area contributed by atoms with Crippen molar-refractivity contribution in [1.29, 1.82) is 0 Å². The van der Waals surface area contributed by atoms with Gasteiger partial charge in [0.2, 0.25) is 10.0 Å². The summed E-state index contributed by atoms with van der Waals surface area (Å²) in [6.45, 7) is 0.518. The number of ether oxygens (including phenoxy) is 2. The van der Waals surface area contributed by atoms with Gasteiger partial charge in [-0.05, 0) is 43.0 Å². The summed E-state index contributed by atoms with van der Waals surface area (Å²) in [4.78, 5) is 11.8. The van der Waals surface area contributed by atoms with Crippen molar-refractivity contribution in [3.8, 4) is 5.75 Å². The van der Waals surface area contributed by atoms with Gasteiger partial charge in [0.25, 0.3) is 0 Å². The van der Waals surface area contributed by atoms with E-state index < -0.39 is 22.1 Å². The molecule has 0 aromatic heterocycles. The van der Waals surface area contributed by atoms with Crippen molar-refractivity contribution in [3.63, 3.8) is 0 Å². The number of rotatable bonds is 8. The van der Waals surface area contributed by atoms with E-state index in [1.165, 1.54) is 10.7 Å². The molecule has 0 atom stereocenters. The number of hydrogen-bond acceptors (Lipinski definition) is 5. The van der Waals surface area contributed by atoms with Crippen LogP contribution in [-0.4, -0.2) is 50.7 Å². The molecule has 1 aliphatic heterocycles. The van der Waals surface area contributed by atoms with E-state index in [2.05, 4.69) is 4.74 Å². The number of alkyl halides is 3. The lowest BCUT2D eigenvalue weighted by Gasteiger charge is -2.31. The Morgan fingerprint density at radius 1 is 1.07 bits per heavy atom. The Hall–Kier alpha value is -1.65. The number of Topliss-reactive ketones (excluding diaryl/α,β-unsaturated/α-hetero) is 1. The summed E-state index contributed by atoms with van der Waals surface area (Å²) < 4.78 is 72.7. The summed E-state index contributed by atoms with van der Waals surface area (Å²) in [6, 6.07) is 4.14. The fraction of sp³-hybridized carbons (Fsp3) is 0.632. The molecule has 1 aromatic carbocycles. The molecule has 0 spiro atoms. The molecule has 2 fully saturated rings. The van der Waals surface area contributed by atoms with Crippen LogP contribution < -0.4 is 4.74 Å². The van der Waals surface area contributed by atoms with Gasteiger partial charge in [0.15, 0.2) is 5.78 Å². The summed E-state index contributed by atoms with van der Waals surface area (Å²) in [5.41, 5.74) is 0. The molecule has 29 heavy (non-hydrogen) atoms. The molecule has 0 bridgehead atoms. The number of nitrogens with zero attached hydrogens (tertiary/aromatic N) is 1. The first kappa shape index (κ1) is 22.0. The van der Waals surface area contributed by atoms with Gasteiger partial charge in [0.1, 0.15) is 12.4 Å². The molecule has 0 radical (unpaired) electrons. The zero-order chi connectivity index (χ0) is 21.1. The van der Waals surface area contributed by atoms with E-state index >= 15 is 0 Å². The Labute approximate surface area is 168 Å². The Balaban J connectivity index is 1.48. The van der Waals surface area contributed by atoms with Gasteiger partial charge in [-0.2, -0.15) is 4.31 Å². The number of hydrogen-bond donors (Lipinski definition) is 0. The average Bonchev–Trinajstić information content (AvgIpc) is 2.62. The maximum Gasteiger partial charge on any atom is 0.573 e. The molecule has 162 valence electrons. The number of benzene rings is 1. The predicted octanol–water partition coefficient (Wildman–Crippen LogP) is 3.51. The molecule has 0 unspecified atom stereocenters. The highest BCUT2D eigenvalue weighted by atomic mass is 32.2. The Morgan fingerprint density at radius 2 is 1.69 bits per heavy atom. The molecule has 1 heterocycles. The smallest absolute Gasteiger partial charge is 0.406 e. The molecule has 10 heteroatoms. The lowest BCUT2D eigenvalue weighted by atomic mass is 9.82. The Morgan fingerprint density at radius 3 is 2.21 bits per heavy atom. The van der Waals surface area contributed by atoms with Crippen LogP contribution in [0.25, 0.3) is 0 Å². The Bertz CT molecular complexity index is 798. The molecule has 1 saturated heterocycles. The fourth-order valence-corrected chi connectivity index (χ4v) is 4.96. The summed E-state index contributed by atoms with van der Waals surface area (Å²) in [7, 11) is -3.81. The topological polar surface area (TPSA) is 72.9 Å². The van der Waals surface area contributed by atoms with Crippen molar-refractivity contribution in [2.45, 2.75) is 55.9 Å². The zero-order valence-corrected chi connectivity index (χ0v) is 16.7. The molecular formula is C19H24F3NO5S. The van der Waals surface area contributed by atoms with Crippen molar-refractivity contribution < 1.29 is 35.9 Å². The van der Waals surface area contributed by atoms with E-state index in [1.807, 2.05) is 0 Å². The van der Waals surface area contributed by atoms with E-state index in [0.717, 1.165) is 37.1 Å². The number of sulfonamides is 1. The van der Waals surface area contributed by atoms with E-state index in [-0.39, 0.29) is 36.5 Å². The minimum Gasteiger partial charge on any atom is -0.406 e. The van der Waals surface area contributed by atoms with Gasteiger partial charge in [-0.25, -0.2) is 8.42 Å². The van der Waals surface area contributed by atoms with Gasteiger partial charge in [0, 0.05) is 19.5 Å². The minimum absolute atomic E-state index is 0.0641. The fourth-order valence-electron chi connectivity index (χ4n) is 3.49. The first-order chi connectivity index (χ1) is 13.6. The first-order valence-corrected chi connectivity index (χ1v) is 11.1. The van der Waals surface area contributed by atoms with Crippen LogP contribution in [0, 0.1) is 5.92 Å². The molecule has 1 aliphatic carbocycles. The molecule has 3 rings (SSSR count). The van der Waals surface area contributed by atoms with Crippen molar-refractivity contribution in [2.24, 2.45) is 5.92 Å². The summed E-state index contributed by atoms with van der Waals surface area (Å²) in [5.74, 6) is 0.104. The molecular weight excluding hydrogens is 411 g/mol. The summed E-state index contributed by atoms with van der Waals surface area (Å²) in [5, 5.41) is 0. The van der Waals surface area contributed by atoms with Gasteiger partial charge in [-0.3, -0.25) is 4.79 Å². The van der Waals surface area contributed by atoms with Crippen molar-refractivity contribution in [2.75, 3.05) is 19.7 Å². The number of carbonyl (C=O) groups excluding carboxylic acids is 1. The molecule has 0 amide bonds. The van der Waals surface area contributed by atoms with Crippen molar-refractivity contribution >= 4 is 15.8 Å². The largest absolute Gasteiger partial charge is 0.573 e. The molecule has 2 aliphatic rings. The summed E-state index contributed by atoms with van der Waals surface area (Å²) >= 11 is 0. The maximum absolute atomic E-state index is 12.7. The lowest BCUT2D eigenvalue weighted by Crippen LogP contribution is -2.41. The minimum atomic E-state index is -4.83. The van der Waals surface area contributed by atoms with Gasteiger partial charge in [-0.15, -0.1) is 13.2 Å². The Kier molecular flexibility index (Phi) is 6.85. The lowest BCUT2D eigenvalue weighted by molar-refractivity contribution is -0.274. The summed E-state index contributed by atoms with van der Waals surface area (Å²) in [6.07, 6.45) is -0.131. The van der Waals surface area contributed by atoms with E-state index in [1.54, 1.807) is 0 Å². The highest BCUT2D eigenvalue weighted by Crippen LogP contribution is 2.30. The van der Waals surface area contributed by atoms with Gasteiger partial charge < -0.3 is 9.47 Å². The van der Waals surface area contributed by atoms with Gasteiger partial charge in [-0.1, -0.05) is 19.3 Å². The zero-order valence-electron chi connectivity index (χ0n) is 15.9. The van der Waals surface area contributed by atoms with E-state index in [4.69, 9.17) is 4.74 Å². The highest BCUT2D eigenvalue weighted by molar-refractivity contribution is 7.89. The monoisotopic (exact) mass is 435 g/mol. The van der Waals surface area contributed by atoms with Crippen LogP contribution in [0.5, 0.6) is 5.75 Å². The molecule has 1 saturated carbocycles. The standard InChI is InChI=1S/C19H24F3NO5S/c20-19(21,22)28-17-4-6-18(7-5-17)29(25,26)23-10-8-16(9-11-23)27-13-15(24)12-14-2-1-3-14/h4-7,14,16H,1-3,8-13H2. The quantitative estimate of drug-likeness (QED) is 0.625. The average molecular weight is 435 g/mol. The second-order valence-electron chi connectivity index (χ2n) is 7.47. The normalized spacial score (nSPS) is 19.7. The van der Waals surface area contributed by atoms with Crippen LogP contribution in [-0.2, 0) is 19.6 Å². The van der Waals surface area contributed by atoms with Crippen molar-refractivity contribution in [1.82, 2.24) is 4.31 Å². The SMILES string of the molecule is O=C(COC1CCN(S(=O)(=O)c2ccc(OC(F)(F)F)cc2)CC1)CC1CCC1. The predicted molar refractivity (Wildman–Crippen MR) is 97.8 cm³/mol. The van der Waals surface area contributed by atoms with E-state index in [9.17, 15) is 26.4 Å². The van der Waals surface area contributed by atoms with Crippen LogP contribution in [0.4, 0.5) is 13.2 Å². The molecule has 6 nitrogen and oxygen atoms in total. The third-order valence-electron chi connectivity index (χ3n) is 5.32. The van der Waals surface area contributed by atoms with Gasteiger partial charge in [0.05, 0.1) is 11.0 Å². The van der Waals surface area contributed by atoms with Crippen molar-refractivity contribution in [3.05, 3.63) is 24.3 Å². The highest BCUT2D eigenvalue weighted by Gasteiger charge is 2.32. The van der Waals surface area contributed by atoms with Gasteiger partial charge >= 0.3 is 6.36 Å². The number of carbonyl (C=O) groups is 1. The van der Waals surface area contributed by atoms with Crippen LogP contribution in [0.3, 0.4) is 0 Å². The second kappa shape index (κ2) is 9.01.